The van der Waals surface area contributed by atoms with E-state index in [0.29, 0.717) is 0 Å². The number of hydrogen-bond acceptors (Lipinski definition) is 4. The molecule has 0 aliphatic carbocycles. The van der Waals surface area contributed by atoms with Crippen LogP contribution in [0, 0.1) is 0 Å². The summed E-state index contributed by atoms with van der Waals surface area (Å²) in [6.45, 7) is 5.46. The number of ether oxygens (including phenoxy) is 1. The molecule has 1 heterocycles. The highest BCUT2D eigenvalue weighted by molar-refractivity contribution is 5.94. The van der Waals surface area contributed by atoms with Gasteiger partial charge in [0.2, 0.25) is 0 Å². The third kappa shape index (κ3) is 4.26. The quantitative estimate of drug-likeness (QED) is 0.678. The normalized spacial score (nSPS) is 11.2. The van der Waals surface area contributed by atoms with Crippen molar-refractivity contribution < 1.29 is 9.53 Å². The molecule has 0 radical (unpaired) electrons. The van der Waals surface area contributed by atoms with E-state index in [9.17, 15) is 4.79 Å². The summed E-state index contributed by atoms with van der Waals surface area (Å²) in [5, 5.41) is 0.915. The molecule has 0 unspecified atom stereocenters. The lowest BCUT2D eigenvalue weighted by molar-refractivity contribution is 0.0541. The van der Waals surface area contributed by atoms with Crippen molar-refractivity contribution in [2.24, 2.45) is 0 Å². The Kier molecular flexibility index (Phi) is 4.57. The fraction of sp³-hybridized carbons (Fsp3) is 0.200. The van der Waals surface area contributed by atoms with Crippen LogP contribution < -0.4 is 10.9 Å². The number of hydrogen-bond donors (Lipinski definition) is 2. The minimum atomic E-state index is -0.554. The Morgan fingerprint density at radius 2 is 1.68 bits per heavy atom. The van der Waals surface area contributed by atoms with Gasteiger partial charge in [-0.05, 0) is 32.9 Å². The second-order valence-corrected chi connectivity index (χ2v) is 6.69. The van der Waals surface area contributed by atoms with E-state index in [-0.39, 0.29) is 0 Å². The van der Waals surface area contributed by atoms with Gasteiger partial charge in [-0.2, -0.15) is 0 Å². The number of aromatic nitrogens is 1. The fourth-order valence-corrected chi connectivity index (χ4v) is 2.46. The van der Waals surface area contributed by atoms with Gasteiger partial charge in [-0.25, -0.2) is 15.2 Å². The van der Waals surface area contributed by atoms with Crippen LogP contribution in [-0.4, -0.2) is 16.7 Å². The Balaban J connectivity index is 1.92. The molecule has 128 valence electrons. The lowest BCUT2D eigenvalue weighted by Crippen LogP contribution is -2.35. The van der Waals surface area contributed by atoms with Gasteiger partial charge in [0.1, 0.15) is 5.60 Å². The number of carbonyl (C=O) groups is 1. The van der Waals surface area contributed by atoms with E-state index in [4.69, 9.17) is 9.72 Å². The molecule has 3 aromatic rings. The SMILES string of the molecule is CC(C)(C)OC(=O)NNc1cc(-c2ccccc2)nc2ccccc12. The first-order valence-corrected chi connectivity index (χ1v) is 8.12. The Morgan fingerprint density at radius 1 is 1.00 bits per heavy atom. The molecule has 0 saturated heterocycles. The van der Waals surface area contributed by atoms with E-state index in [0.717, 1.165) is 27.8 Å². The zero-order valence-corrected chi connectivity index (χ0v) is 14.5. The molecule has 0 atom stereocenters. The molecule has 25 heavy (non-hydrogen) atoms. The van der Waals surface area contributed by atoms with E-state index in [2.05, 4.69) is 10.9 Å². The average Bonchev–Trinajstić information content (AvgIpc) is 2.58. The van der Waals surface area contributed by atoms with Crippen LogP contribution in [0.15, 0.2) is 60.7 Å². The Hall–Kier alpha value is -3.08. The largest absolute Gasteiger partial charge is 0.443 e. The topological polar surface area (TPSA) is 63.2 Å². The summed E-state index contributed by atoms with van der Waals surface area (Å²) >= 11 is 0. The summed E-state index contributed by atoms with van der Waals surface area (Å²) in [4.78, 5) is 16.6. The molecule has 3 rings (SSSR count). The van der Waals surface area contributed by atoms with Crippen LogP contribution >= 0.6 is 0 Å². The minimum absolute atomic E-state index is 0.533. The molecule has 0 spiro atoms. The Morgan fingerprint density at radius 3 is 2.40 bits per heavy atom. The third-order valence-corrected chi connectivity index (χ3v) is 3.48. The van der Waals surface area contributed by atoms with E-state index in [1.807, 2.05) is 81.4 Å². The fourth-order valence-electron chi connectivity index (χ4n) is 2.46. The molecule has 1 aromatic heterocycles. The maximum atomic E-state index is 11.9. The smallest absolute Gasteiger partial charge is 0.426 e. The van der Waals surface area contributed by atoms with E-state index < -0.39 is 11.7 Å². The standard InChI is InChI=1S/C20H21N3O2/c1-20(2,3)25-19(24)23-22-18-13-17(14-9-5-4-6-10-14)21-16-12-8-7-11-15(16)18/h4-13H,1-3H3,(H,21,22)(H,23,24). The van der Waals surface area contributed by atoms with Gasteiger partial charge < -0.3 is 4.74 Å². The molecule has 0 aliphatic heterocycles. The summed E-state index contributed by atoms with van der Waals surface area (Å²) in [5.41, 5.74) is 8.43. The van der Waals surface area contributed by atoms with Gasteiger partial charge in [0, 0.05) is 10.9 Å². The van der Waals surface area contributed by atoms with Gasteiger partial charge in [0.15, 0.2) is 0 Å². The predicted octanol–water partition coefficient (Wildman–Crippen LogP) is 4.75. The van der Waals surface area contributed by atoms with Gasteiger partial charge >= 0.3 is 6.09 Å². The highest BCUT2D eigenvalue weighted by Crippen LogP contribution is 2.27. The predicted molar refractivity (Wildman–Crippen MR) is 100 cm³/mol. The highest BCUT2D eigenvalue weighted by Gasteiger charge is 2.16. The second-order valence-electron chi connectivity index (χ2n) is 6.69. The molecular formula is C20H21N3O2. The monoisotopic (exact) mass is 335 g/mol. The molecule has 0 aliphatic rings. The van der Waals surface area contributed by atoms with E-state index >= 15 is 0 Å². The molecule has 2 N–H and O–H groups in total. The number of carbonyl (C=O) groups excluding carboxylic acids is 1. The number of hydrazine groups is 1. The highest BCUT2D eigenvalue weighted by atomic mass is 16.6. The summed E-state index contributed by atoms with van der Waals surface area (Å²) in [7, 11) is 0. The number of nitrogens with zero attached hydrogens (tertiary/aromatic N) is 1. The maximum absolute atomic E-state index is 11.9. The number of amides is 1. The second kappa shape index (κ2) is 6.81. The zero-order chi connectivity index (χ0) is 17.9. The Labute approximate surface area is 147 Å². The van der Waals surface area contributed by atoms with Crippen molar-refractivity contribution in [3.63, 3.8) is 0 Å². The van der Waals surface area contributed by atoms with Gasteiger partial charge in [-0.1, -0.05) is 48.5 Å². The van der Waals surface area contributed by atoms with Crippen molar-refractivity contribution in [3.05, 3.63) is 60.7 Å². The van der Waals surface area contributed by atoms with Gasteiger partial charge in [-0.15, -0.1) is 0 Å². The van der Waals surface area contributed by atoms with Crippen LogP contribution in [0.2, 0.25) is 0 Å². The van der Waals surface area contributed by atoms with E-state index in [1.165, 1.54) is 0 Å². The molecule has 0 bridgehead atoms. The number of para-hydroxylation sites is 1. The maximum Gasteiger partial charge on any atom is 0.426 e. The Bertz CT molecular complexity index is 886. The molecule has 2 aromatic carbocycles. The number of nitrogens with one attached hydrogen (secondary N) is 2. The van der Waals surface area contributed by atoms with Crippen molar-refractivity contribution >= 4 is 22.7 Å². The first-order valence-electron chi connectivity index (χ1n) is 8.12. The van der Waals surface area contributed by atoms with Crippen molar-refractivity contribution in [3.8, 4) is 11.3 Å². The summed E-state index contributed by atoms with van der Waals surface area (Å²) in [6, 6.07) is 19.6. The summed E-state index contributed by atoms with van der Waals surface area (Å²) in [5.74, 6) is 0. The van der Waals surface area contributed by atoms with E-state index in [1.54, 1.807) is 0 Å². The molecule has 1 amide bonds. The van der Waals surface area contributed by atoms with Crippen LogP contribution in [0.3, 0.4) is 0 Å². The average molecular weight is 335 g/mol. The lowest BCUT2D eigenvalue weighted by atomic mass is 10.1. The number of anilines is 1. The summed E-state index contributed by atoms with van der Waals surface area (Å²) in [6.07, 6.45) is -0.533. The van der Waals surface area contributed by atoms with Crippen LogP contribution in [0.4, 0.5) is 10.5 Å². The van der Waals surface area contributed by atoms with Gasteiger partial charge in [0.05, 0.1) is 16.9 Å². The van der Waals surface area contributed by atoms with Crippen molar-refractivity contribution in [2.75, 3.05) is 5.43 Å². The van der Waals surface area contributed by atoms with Gasteiger partial charge in [-0.3, -0.25) is 5.43 Å². The van der Waals surface area contributed by atoms with Crippen LogP contribution in [0.5, 0.6) is 0 Å². The number of pyridine rings is 1. The molecule has 5 heteroatoms. The number of fused-ring (bicyclic) bond motifs is 1. The molecule has 0 fully saturated rings. The third-order valence-electron chi connectivity index (χ3n) is 3.48. The molecule has 0 saturated carbocycles. The van der Waals surface area contributed by atoms with Crippen molar-refractivity contribution in [2.45, 2.75) is 26.4 Å². The van der Waals surface area contributed by atoms with Crippen LogP contribution in [0.1, 0.15) is 20.8 Å². The van der Waals surface area contributed by atoms with Gasteiger partial charge in [0.25, 0.3) is 0 Å². The molecular weight excluding hydrogens is 314 g/mol. The van der Waals surface area contributed by atoms with Crippen LogP contribution in [-0.2, 0) is 4.74 Å². The van der Waals surface area contributed by atoms with Crippen LogP contribution in [0.25, 0.3) is 22.2 Å². The first kappa shape index (κ1) is 16.8. The number of benzene rings is 2. The zero-order valence-electron chi connectivity index (χ0n) is 14.5. The minimum Gasteiger partial charge on any atom is -0.443 e. The number of rotatable bonds is 3. The molecule has 5 nitrogen and oxygen atoms in total. The first-order chi connectivity index (χ1) is 11.9. The summed E-state index contributed by atoms with van der Waals surface area (Å²) < 4.78 is 5.26. The lowest BCUT2D eigenvalue weighted by Gasteiger charge is -2.20. The van der Waals surface area contributed by atoms with Crippen molar-refractivity contribution in [1.29, 1.82) is 0 Å². The van der Waals surface area contributed by atoms with Crippen molar-refractivity contribution in [1.82, 2.24) is 10.4 Å².